The van der Waals surface area contributed by atoms with E-state index in [-0.39, 0.29) is 18.3 Å². The van der Waals surface area contributed by atoms with Gasteiger partial charge in [-0.1, -0.05) is 30.3 Å². The molecule has 3 aromatic rings. The van der Waals surface area contributed by atoms with E-state index in [2.05, 4.69) is 15.3 Å². The van der Waals surface area contributed by atoms with E-state index < -0.39 is 6.04 Å². The first-order valence-electron chi connectivity index (χ1n) is 9.33. The molecule has 0 saturated carbocycles. The van der Waals surface area contributed by atoms with Gasteiger partial charge in [0.05, 0.1) is 11.4 Å². The molecule has 1 atom stereocenters. The van der Waals surface area contributed by atoms with Gasteiger partial charge in [0, 0.05) is 4.88 Å². The summed E-state index contributed by atoms with van der Waals surface area (Å²) in [6.07, 6.45) is 5.11. The third-order valence-corrected chi connectivity index (χ3v) is 6.11. The topological polar surface area (TPSA) is 81.2 Å². The monoisotopic (exact) mass is 395 g/mol. The van der Waals surface area contributed by atoms with Crippen molar-refractivity contribution in [1.29, 1.82) is 0 Å². The molecule has 1 aliphatic carbocycles. The summed E-state index contributed by atoms with van der Waals surface area (Å²) in [6, 6.07) is 9.05. The number of carbonyl (C=O) groups excluding carboxylic acids is 2. The zero-order valence-electron chi connectivity index (χ0n) is 15.6. The minimum Gasteiger partial charge on any atom is -0.467 e. The number of rotatable bonds is 7. The van der Waals surface area contributed by atoms with Gasteiger partial charge in [0.25, 0.3) is 5.91 Å². The van der Waals surface area contributed by atoms with Gasteiger partial charge in [0.15, 0.2) is 12.4 Å². The summed E-state index contributed by atoms with van der Waals surface area (Å²) in [5.41, 5.74) is 2.25. The van der Waals surface area contributed by atoms with Crippen molar-refractivity contribution in [2.75, 3.05) is 6.61 Å². The predicted octanol–water partition coefficient (Wildman–Crippen LogP) is 2.88. The number of hydrogen-bond acceptors (Lipinski definition) is 6. The fraction of sp³-hybridized carbons (Fsp3) is 0.333. The quantitative estimate of drug-likeness (QED) is 0.665. The van der Waals surface area contributed by atoms with E-state index in [0.717, 1.165) is 35.0 Å². The van der Waals surface area contributed by atoms with Crippen molar-refractivity contribution >= 4 is 33.2 Å². The third kappa shape index (κ3) is 3.89. The Hall–Kier alpha value is -2.80. The number of nitrogens with zero attached hydrogens (tertiary/aromatic N) is 2. The van der Waals surface area contributed by atoms with Crippen molar-refractivity contribution in [2.24, 2.45) is 0 Å². The van der Waals surface area contributed by atoms with E-state index in [0.29, 0.717) is 12.3 Å². The molecule has 1 unspecified atom stereocenters. The number of aromatic nitrogens is 2. The van der Waals surface area contributed by atoms with Crippen LogP contribution in [-0.4, -0.2) is 34.3 Å². The van der Waals surface area contributed by atoms with Gasteiger partial charge in [0.2, 0.25) is 5.88 Å². The summed E-state index contributed by atoms with van der Waals surface area (Å²) in [5, 5.41) is 3.71. The highest BCUT2D eigenvalue weighted by Gasteiger charge is 2.23. The van der Waals surface area contributed by atoms with Crippen LogP contribution in [-0.2, 0) is 28.9 Å². The molecular formula is C21H21N3O3S. The minimum absolute atomic E-state index is 0.0858. The molecule has 0 saturated heterocycles. The van der Waals surface area contributed by atoms with Crippen LogP contribution in [0.5, 0.6) is 5.88 Å². The van der Waals surface area contributed by atoms with Crippen LogP contribution >= 0.6 is 11.3 Å². The average molecular weight is 395 g/mol. The molecule has 0 spiro atoms. The Balaban J connectivity index is 1.43. The van der Waals surface area contributed by atoms with Gasteiger partial charge < -0.3 is 10.1 Å². The van der Waals surface area contributed by atoms with Crippen LogP contribution in [0.15, 0.2) is 36.7 Å². The molecule has 0 radical (unpaired) electrons. The molecule has 1 N–H and O–H groups in total. The predicted molar refractivity (Wildman–Crippen MR) is 108 cm³/mol. The summed E-state index contributed by atoms with van der Waals surface area (Å²) in [6.45, 7) is 1.30. The van der Waals surface area contributed by atoms with Gasteiger partial charge in [-0.25, -0.2) is 9.97 Å². The van der Waals surface area contributed by atoms with Crippen molar-refractivity contribution in [1.82, 2.24) is 15.3 Å². The Morgan fingerprint density at radius 3 is 2.82 bits per heavy atom. The van der Waals surface area contributed by atoms with Crippen molar-refractivity contribution in [3.05, 3.63) is 52.7 Å². The Labute approximate surface area is 167 Å². The second kappa shape index (κ2) is 8.06. The number of ether oxygens (including phenoxy) is 1. The zero-order valence-corrected chi connectivity index (χ0v) is 16.4. The third-order valence-electron chi connectivity index (χ3n) is 4.92. The highest BCUT2D eigenvalue weighted by atomic mass is 32.1. The highest BCUT2D eigenvalue weighted by molar-refractivity contribution is 7.18. The van der Waals surface area contributed by atoms with Gasteiger partial charge in [-0.3, -0.25) is 9.59 Å². The number of fused-ring (bicyclic) bond motifs is 3. The molecule has 0 bridgehead atoms. The summed E-state index contributed by atoms with van der Waals surface area (Å²) < 4.78 is 5.73. The SMILES string of the molecule is CC(=O)C(Cc1ccccc1)NC(=O)COc1ncnc2sc3c(c12)CCC3. The van der Waals surface area contributed by atoms with Crippen LogP contribution in [0.2, 0.25) is 0 Å². The standard InChI is InChI=1S/C21H21N3O3S/c1-13(25)16(10-14-6-3-2-4-7-14)24-18(26)11-27-20-19-15-8-5-9-17(15)28-21(19)23-12-22-20/h2-4,6-7,12,16H,5,8-11H2,1H3,(H,24,26). The number of benzene rings is 1. The second-order valence-corrected chi connectivity index (χ2v) is 8.01. The maximum absolute atomic E-state index is 12.4. The summed E-state index contributed by atoms with van der Waals surface area (Å²) in [7, 11) is 0. The molecule has 1 amide bonds. The lowest BCUT2D eigenvalue weighted by atomic mass is 10.0. The lowest BCUT2D eigenvalue weighted by molar-refractivity contribution is -0.128. The van der Waals surface area contributed by atoms with Crippen LogP contribution in [0.1, 0.15) is 29.3 Å². The number of Topliss-reactive ketones (excluding diaryl/α,β-unsaturated/α-hetero) is 1. The normalized spacial score (nSPS) is 13.9. The van der Waals surface area contributed by atoms with Crippen LogP contribution in [0.3, 0.4) is 0 Å². The zero-order chi connectivity index (χ0) is 19.5. The maximum Gasteiger partial charge on any atom is 0.258 e. The molecular weight excluding hydrogens is 374 g/mol. The first-order valence-corrected chi connectivity index (χ1v) is 10.1. The number of carbonyl (C=O) groups is 2. The number of ketones is 1. The van der Waals surface area contributed by atoms with Gasteiger partial charge in [-0.15, -0.1) is 11.3 Å². The molecule has 28 heavy (non-hydrogen) atoms. The van der Waals surface area contributed by atoms with Gasteiger partial charge >= 0.3 is 0 Å². The molecule has 1 aliphatic rings. The molecule has 1 aromatic carbocycles. The van der Waals surface area contributed by atoms with Crippen molar-refractivity contribution < 1.29 is 14.3 Å². The van der Waals surface area contributed by atoms with Crippen LogP contribution in [0.4, 0.5) is 0 Å². The molecule has 4 rings (SSSR count). The minimum atomic E-state index is -0.575. The first kappa shape index (κ1) is 18.6. The molecule has 6 nitrogen and oxygen atoms in total. The summed E-state index contributed by atoms with van der Waals surface area (Å²) in [4.78, 5) is 35.2. The Kier molecular flexibility index (Phi) is 5.34. The fourth-order valence-corrected chi connectivity index (χ4v) is 4.74. The van der Waals surface area contributed by atoms with E-state index in [1.165, 1.54) is 23.7 Å². The molecule has 144 valence electrons. The lowest BCUT2D eigenvalue weighted by Gasteiger charge is -2.16. The highest BCUT2D eigenvalue weighted by Crippen LogP contribution is 2.39. The maximum atomic E-state index is 12.4. The van der Waals surface area contributed by atoms with Crippen LogP contribution in [0.25, 0.3) is 10.2 Å². The molecule has 2 heterocycles. The average Bonchev–Trinajstić information content (AvgIpc) is 3.27. The van der Waals surface area contributed by atoms with Crippen LogP contribution < -0.4 is 10.1 Å². The van der Waals surface area contributed by atoms with Gasteiger partial charge in [-0.2, -0.15) is 0 Å². The van der Waals surface area contributed by atoms with Gasteiger partial charge in [0.1, 0.15) is 11.2 Å². The largest absolute Gasteiger partial charge is 0.467 e. The number of amides is 1. The van der Waals surface area contributed by atoms with E-state index in [1.807, 2.05) is 30.3 Å². The van der Waals surface area contributed by atoms with E-state index in [4.69, 9.17) is 4.74 Å². The van der Waals surface area contributed by atoms with E-state index in [9.17, 15) is 9.59 Å². The Morgan fingerprint density at radius 2 is 2.04 bits per heavy atom. The Morgan fingerprint density at radius 1 is 1.21 bits per heavy atom. The molecule has 2 aromatic heterocycles. The van der Waals surface area contributed by atoms with Crippen molar-refractivity contribution in [2.45, 2.75) is 38.6 Å². The molecule has 0 aliphatic heterocycles. The molecule has 7 heteroatoms. The number of nitrogens with one attached hydrogen (secondary N) is 1. The fourth-order valence-electron chi connectivity index (χ4n) is 3.53. The first-order chi connectivity index (χ1) is 13.6. The number of thiophene rings is 1. The van der Waals surface area contributed by atoms with E-state index in [1.54, 1.807) is 11.3 Å². The van der Waals surface area contributed by atoms with Gasteiger partial charge in [-0.05, 0) is 43.7 Å². The number of hydrogen-bond donors (Lipinski definition) is 1. The summed E-state index contributed by atoms with van der Waals surface area (Å²) >= 11 is 1.67. The smallest absolute Gasteiger partial charge is 0.258 e. The van der Waals surface area contributed by atoms with E-state index >= 15 is 0 Å². The summed E-state index contributed by atoms with van der Waals surface area (Å²) in [5.74, 6) is 0.0223. The van der Waals surface area contributed by atoms with Crippen molar-refractivity contribution in [3.8, 4) is 5.88 Å². The Bertz CT molecular complexity index is 1020. The molecule has 0 fully saturated rings. The lowest BCUT2D eigenvalue weighted by Crippen LogP contribution is -2.43. The van der Waals surface area contributed by atoms with Crippen LogP contribution in [0, 0.1) is 0 Å². The van der Waals surface area contributed by atoms with Crippen molar-refractivity contribution in [3.63, 3.8) is 0 Å². The second-order valence-electron chi connectivity index (χ2n) is 6.93. The number of aryl methyl sites for hydroxylation is 2.